The molecule has 3 N–H and O–H groups in total. The number of carbonyl (C=O) groups is 2. The van der Waals surface area contributed by atoms with E-state index in [1.807, 2.05) is 29.6 Å². The fourth-order valence-electron chi connectivity index (χ4n) is 2.31. The number of rotatable bonds is 7. The first-order valence-electron chi connectivity index (χ1n) is 7.86. The Morgan fingerprint density at radius 3 is 2.33 bits per heavy atom. The third-order valence-corrected chi connectivity index (χ3v) is 4.60. The number of thiophene rings is 1. The normalized spacial score (nSPS) is 12.0. The van der Waals surface area contributed by atoms with Crippen molar-refractivity contribution < 1.29 is 14.7 Å². The second-order valence-corrected chi connectivity index (χ2v) is 6.79. The highest BCUT2D eigenvalue weighted by molar-refractivity contribution is 7.10. The topological polar surface area (TPSA) is 78.4 Å². The van der Waals surface area contributed by atoms with Gasteiger partial charge in [0.25, 0.3) is 0 Å². The quantitative estimate of drug-likeness (QED) is 0.715. The van der Waals surface area contributed by atoms with Gasteiger partial charge < -0.3 is 15.7 Å². The van der Waals surface area contributed by atoms with E-state index in [-0.39, 0.29) is 25.0 Å². The lowest BCUT2D eigenvalue weighted by Crippen LogP contribution is -2.39. The highest BCUT2D eigenvalue weighted by Crippen LogP contribution is 2.27. The van der Waals surface area contributed by atoms with Gasteiger partial charge in [-0.25, -0.2) is 4.79 Å². The van der Waals surface area contributed by atoms with Crippen LogP contribution in [0.15, 0.2) is 41.8 Å². The first-order chi connectivity index (χ1) is 11.5. The molecule has 1 aromatic carbocycles. The summed E-state index contributed by atoms with van der Waals surface area (Å²) >= 11 is 1.57. The number of amides is 2. The fourth-order valence-corrected chi connectivity index (χ4v) is 3.12. The van der Waals surface area contributed by atoms with Gasteiger partial charge in [0.15, 0.2) is 0 Å². The molecule has 1 heterocycles. The summed E-state index contributed by atoms with van der Waals surface area (Å²) in [5, 5.41) is 16.1. The van der Waals surface area contributed by atoms with E-state index in [1.165, 1.54) is 5.56 Å². The number of hydrogen-bond donors (Lipinski definition) is 3. The van der Waals surface area contributed by atoms with Crippen molar-refractivity contribution in [3.63, 3.8) is 0 Å². The van der Waals surface area contributed by atoms with Crippen LogP contribution in [0.2, 0.25) is 0 Å². The van der Waals surface area contributed by atoms with E-state index < -0.39 is 5.97 Å². The monoisotopic (exact) mass is 346 g/mol. The summed E-state index contributed by atoms with van der Waals surface area (Å²) in [6.07, 6.45) is -0.0970. The Hall–Kier alpha value is -2.34. The zero-order valence-corrected chi connectivity index (χ0v) is 14.6. The average molecular weight is 346 g/mol. The molecule has 1 atom stereocenters. The molecule has 0 aliphatic heterocycles. The van der Waals surface area contributed by atoms with Gasteiger partial charge in [-0.05, 0) is 28.5 Å². The van der Waals surface area contributed by atoms with Crippen molar-refractivity contribution in [3.8, 4) is 0 Å². The van der Waals surface area contributed by atoms with E-state index in [4.69, 9.17) is 5.11 Å². The molecule has 0 saturated heterocycles. The van der Waals surface area contributed by atoms with Crippen molar-refractivity contribution >= 4 is 23.3 Å². The number of carboxylic acid groups (broad SMARTS) is 1. The molecule has 0 aliphatic rings. The van der Waals surface area contributed by atoms with Crippen LogP contribution in [-0.2, 0) is 4.79 Å². The largest absolute Gasteiger partial charge is 0.481 e. The summed E-state index contributed by atoms with van der Waals surface area (Å²) in [5.41, 5.74) is 2.24. The maximum atomic E-state index is 12.1. The Balaban J connectivity index is 2.11. The van der Waals surface area contributed by atoms with Gasteiger partial charge in [0.1, 0.15) is 0 Å². The molecule has 0 radical (unpaired) electrons. The smallest absolute Gasteiger partial charge is 0.315 e. The minimum Gasteiger partial charge on any atom is -0.481 e. The molecule has 0 fully saturated rings. The Morgan fingerprint density at radius 1 is 1.12 bits per heavy atom. The lowest BCUT2D eigenvalue weighted by atomic mass is 9.98. The van der Waals surface area contributed by atoms with E-state index in [0.717, 1.165) is 10.4 Å². The summed E-state index contributed by atoms with van der Waals surface area (Å²) in [4.78, 5) is 23.6. The number of hydrogen-bond acceptors (Lipinski definition) is 3. The predicted octanol–water partition coefficient (Wildman–Crippen LogP) is 3.73. The van der Waals surface area contributed by atoms with Crippen LogP contribution in [0.1, 0.15) is 48.2 Å². The molecule has 2 rings (SSSR count). The van der Waals surface area contributed by atoms with E-state index in [1.54, 1.807) is 11.3 Å². The third-order valence-electron chi connectivity index (χ3n) is 3.66. The Labute approximate surface area is 145 Å². The maximum Gasteiger partial charge on any atom is 0.315 e. The standard InChI is InChI=1S/C18H22N2O3S/c1-12(2)13-5-7-14(8-6-13)17(15-4-3-11-24-15)20-18(23)19-10-9-16(21)22/h3-8,11-12,17H,9-10H2,1-2H3,(H,21,22)(H2,19,20,23). The second-order valence-electron chi connectivity index (χ2n) is 5.81. The first-order valence-corrected chi connectivity index (χ1v) is 8.74. The summed E-state index contributed by atoms with van der Waals surface area (Å²) in [6, 6.07) is 11.5. The fraction of sp³-hybridized carbons (Fsp3) is 0.333. The van der Waals surface area contributed by atoms with Crippen LogP contribution in [0, 0.1) is 0 Å². The Bertz CT molecular complexity index is 666. The van der Waals surface area contributed by atoms with Crippen LogP contribution in [-0.4, -0.2) is 23.7 Å². The van der Waals surface area contributed by atoms with Crippen LogP contribution >= 0.6 is 11.3 Å². The van der Waals surface area contributed by atoms with Gasteiger partial charge in [0, 0.05) is 11.4 Å². The number of urea groups is 1. The van der Waals surface area contributed by atoms with E-state index in [9.17, 15) is 9.59 Å². The number of carboxylic acids is 1. The van der Waals surface area contributed by atoms with Crippen molar-refractivity contribution in [1.82, 2.24) is 10.6 Å². The van der Waals surface area contributed by atoms with Gasteiger partial charge in [-0.15, -0.1) is 11.3 Å². The molecule has 2 amide bonds. The number of nitrogens with one attached hydrogen (secondary N) is 2. The number of benzene rings is 1. The molecule has 1 aromatic heterocycles. The van der Waals surface area contributed by atoms with Crippen LogP contribution in [0.25, 0.3) is 0 Å². The van der Waals surface area contributed by atoms with Crippen LogP contribution in [0.5, 0.6) is 0 Å². The molecule has 0 bridgehead atoms. The molecule has 128 valence electrons. The molecule has 2 aromatic rings. The van der Waals surface area contributed by atoms with Gasteiger partial charge in [-0.3, -0.25) is 4.79 Å². The van der Waals surface area contributed by atoms with Crippen molar-refractivity contribution in [1.29, 1.82) is 0 Å². The second kappa shape index (κ2) is 8.49. The molecule has 6 heteroatoms. The van der Waals surface area contributed by atoms with E-state index in [0.29, 0.717) is 5.92 Å². The number of carbonyl (C=O) groups excluding carboxylic acids is 1. The van der Waals surface area contributed by atoms with Crippen molar-refractivity contribution in [2.24, 2.45) is 0 Å². The molecular weight excluding hydrogens is 324 g/mol. The molecule has 24 heavy (non-hydrogen) atoms. The summed E-state index contributed by atoms with van der Waals surface area (Å²) in [7, 11) is 0. The van der Waals surface area contributed by atoms with Gasteiger partial charge in [-0.2, -0.15) is 0 Å². The molecular formula is C18H22N2O3S. The maximum absolute atomic E-state index is 12.1. The minimum absolute atomic E-state index is 0.0970. The van der Waals surface area contributed by atoms with E-state index >= 15 is 0 Å². The van der Waals surface area contributed by atoms with Gasteiger partial charge >= 0.3 is 12.0 Å². The lowest BCUT2D eigenvalue weighted by Gasteiger charge is -2.19. The summed E-state index contributed by atoms with van der Waals surface area (Å²) in [6.45, 7) is 4.38. The summed E-state index contributed by atoms with van der Waals surface area (Å²) in [5.74, 6) is -0.485. The Morgan fingerprint density at radius 2 is 1.79 bits per heavy atom. The van der Waals surface area contributed by atoms with Crippen LogP contribution in [0.4, 0.5) is 4.79 Å². The highest BCUT2D eigenvalue weighted by atomic mass is 32.1. The molecule has 0 spiro atoms. The summed E-state index contributed by atoms with van der Waals surface area (Å²) < 4.78 is 0. The zero-order valence-electron chi connectivity index (χ0n) is 13.8. The van der Waals surface area contributed by atoms with E-state index in [2.05, 4.69) is 36.6 Å². The first kappa shape index (κ1) is 18.0. The molecule has 0 saturated carbocycles. The molecule has 1 unspecified atom stereocenters. The van der Waals surface area contributed by atoms with Crippen molar-refractivity contribution in [2.45, 2.75) is 32.2 Å². The predicted molar refractivity (Wildman–Crippen MR) is 95.5 cm³/mol. The van der Waals surface area contributed by atoms with Gasteiger partial charge in [0.2, 0.25) is 0 Å². The minimum atomic E-state index is -0.936. The van der Waals surface area contributed by atoms with Gasteiger partial charge in [0.05, 0.1) is 12.5 Å². The van der Waals surface area contributed by atoms with Crippen molar-refractivity contribution in [2.75, 3.05) is 6.54 Å². The third kappa shape index (κ3) is 5.09. The zero-order chi connectivity index (χ0) is 17.5. The van der Waals surface area contributed by atoms with Crippen LogP contribution in [0.3, 0.4) is 0 Å². The van der Waals surface area contributed by atoms with Gasteiger partial charge in [-0.1, -0.05) is 44.2 Å². The lowest BCUT2D eigenvalue weighted by molar-refractivity contribution is -0.136. The average Bonchev–Trinajstić information content (AvgIpc) is 3.06. The highest BCUT2D eigenvalue weighted by Gasteiger charge is 2.18. The number of aliphatic carboxylic acids is 1. The molecule has 0 aliphatic carbocycles. The Kier molecular flexibility index (Phi) is 6.37. The molecule has 5 nitrogen and oxygen atoms in total. The van der Waals surface area contributed by atoms with Crippen LogP contribution < -0.4 is 10.6 Å². The van der Waals surface area contributed by atoms with Crippen molar-refractivity contribution in [3.05, 3.63) is 57.8 Å². The SMILES string of the molecule is CC(C)c1ccc(C(NC(=O)NCCC(=O)O)c2cccs2)cc1.